The van der Waals surface area contributed by atoms with Gasteiger partial charge in [-0.05, 0) is 0 Å². The minimum Gasteiger partial charge on any atom is -0.302 e. The fourth-order valence-electron chi connectivity index (χ4n) is 0.338. The van der Waals surface area contributed by atoms with E-state index in [-0.39, 0.29) is 13.2 Å². The average Bonchev–Trinajstić information content (AvgIpc) is 1.98. The lowest BCUT2D eigenvalue weighted by atomic mass is 10.9. The lowest BCUT2D eigenvalue weighted by Gasteiger charge is -2.10. The molecule has 1 N–H and O–H groups in total. The van der Waals surface area contributed by atoms with Crippen molar-refractivity contribution in [3.8, 4) is 0 Å². The van der Waals surface area contributed by atoms with Gasteiger partial charge in [0.15, 0.2) is 0 Å². The summed E-state index contributed by atoms with van der Waals surface area (Å²) in [6.45, 7) is -0.151. The highest BCUT2D eigenvalue weighted by Crippen LogP contribution is 2.43. The van der Waals surface area contributed by atoms with Crippen LogP contribution in [0.4, 0.5) is 0 Å². The molecule has 1 atom stereocenters. The van der Waals surface area contributed by atoms with Crippen molar-refractivity contribution in [1.82, 2.24) is 0 Å². The van der Waals surface area contributed by atoms with Gasteiger partial charge in [-0.3, -0.25) is 9.05 Å². The molecule has 0 aliphatic heterocycles. The fourth-order valence-corrected chi connectivity index (χ4v) is 1.79. The predicted octanol–water partition coefficient (Wildman–Crippen LogP) is 2.32. The van der Waals surface area contributed by atoms with Crippen LogP contribution in [0.5, 0.6) is 0 Å². The Kier molecular flexibility index (Phi) is 7.24. The molecule has 0 heterocycles. The molecule has 0 radical (unpaired) electrons. The average molecular weight is 302 g/mol. The Bertz CT molecular complexity index is 167. The third-order valence-electron chi connectivity index (χ3n) is 0.695. The van der Waals surface area contributed by atoms with Gasteiger partial charge in [-0.2, -0.15) is 0 Å². The first kappa shape index (κ1) is 13.2. The lowest BCUT2D eigenvalue weighted by Crippen LogP contribution is -2.03. The van der Waals surface area contributed by atoms with Crippen LogP contribution >= 0.6 is 47.0 Å². The van der Waals surface area contributed by atoms with Crippen LogP contribution in [0, 0.1) is 0 Å². The maximum atomic E-state index is 10.9. The van der Waals surface area contributed by atoms with Crippen LogP contribution in [-0.4, -0.2) is 28.3 Å². The molecule has 0 aromatic rings. The van der Waals surface area contributed by atoms with Crippen molar-refractivity contribution in [1.29, 1.82) is 0 Å². The maximum Gasteiger partial charge on any atom is 0.472 e. The molecular weight excluding hydrogens is 294 g/mol. The van der Waals surface area contributed by atoms with Gasteiger partial charge >= 0.3 is 7.82 Å². The highest BCUT2D eigenvalue weighted by atomic mass is 79.9. The summed E-state index contributed by atoms with van der Waals surface area (Å²) < 4.78 is 19.7. The van der Waals surface area contributed by atoms with Crippen molar-refractivity contribution in [2.24, 2.45) is 0 Å². The van der Waals surface area contributed by atoms with Gasteiger partial charge in [0, 0.05) is 5.33 Å². The first-order valence-electron chi connectivity index (χ1n) is 2.94. The van der Waals surface area contributed by atoms with Gasteiger partial charge in [-0.15, -0.1) is 23.2 Å². The Hall–Kier alpha value is 1.17. The number of halogens is 3. The van der Waals surface area contributed by atoms with Crippen molar-refractivity contribution in [2.45, 2.75) is 4.84 Å². The molecule has 74 valence electrons. The van der Waals surface area contributed by atoms with Gasteiger partial charge in [0.2, 0.25) is 0 Å². The van der Waals surface area contributed by atoms with Crippen LogP contribution in [0.2, 0.25) is 0 Å². The zero-order valence-electron chi connectivity index (χ0n) is 5.95. The molecule has 0 saturated heterocycles. The number of phosphoric acid groups is 1. The molecule has 1 unspecified atom stereocenters. The van der Waals surface area contributed by atoms with Crippen LogP contribution in [-0.2, 0) is 13.6 Å². The number of hydrogen-bond acceptors (Lipinski definition) is 3. The van der Waals surface area contributed by atoms with Gasteiger partial charge in [-0.25, -0.2) is 4.57 Å². The zero-order chi connectivity index (χ0) is 9.61. The molecule has 12 heavy (non-hydrogen) atoms. The van der Waals surface area contributed by atoms with Gasteiger partial charge in [0.25, 0.3) is 0 Å². The van der Waals surface area contributed by atoms with Crippen LogP contribution in [0.3, 0.4) is 0 Å². The molecule has 0 rings (SSSR count). The van der Waals surface area contributed by atoms with Crippen LogP contribution in [0.15, 0.2) is 0 Å². The van der Waals surface area contributed by atoms with E-state index < -0.39 is 12.7 Å². The van der Waals surface area contributed by atoms with E-state index in [9.17, 15) is 4.57 Å². The summed E-state index contributed by atoms with van der Waals surface area (Å²) in [4.78, 5) is 8.03. The molecule has 8 heteroatoms. The molecule has 4 nitrogen and oxygen atoms in total. The summed E-state index contributed by atoms with van der Waals surface area (Å²) in [7, 11) is -3.96. The Morgan fingerprint density at radius 2 is 2.08 bits per heavy atom. The molecule has 0 fully saturated rings. The molecule has 0 amide bonds. The molecule has 0 aliphatic carbocycles. The Labute approximate surface area is 88.9 Å². The van der Waals surface area contributed by atoms with E-state index in [1.165, 1.54) is 0 Å². The van der Waals surface area contributed by atoms with E-state index in [4.69, 9.17) is 28.1 Å². The molecule has 0 bridgehead atoms. The number of hydrogen-bond donors (Lipinski definition) is 1. The van der Waals surface area contributed by atoms with Gasteiger partial charge in [0.05, 0.1) is 13.2 Å². The van der Waals surface area contributed by atoms with Crippen molar-refractivity contribution in [3.05, 3.63) is 0 Å². The van der Waals surface area contributed by atoms with Crippen molar-refractivity contribution in [2.75, 3.05) is 18.5 Å². The molecule has 0 spiro atoms. The number of phosphoric ester groups is 1. The fraction of sp³-hybridized carbons (Fsp3) is 1.00. The largest absolute Gasteiger partial charge is 0.472 e. The van der Waals surface area contributed by atoms with E-state index >= 15 is 0 Å². The second-order valence-electron chi connectivity index (χ2n) is 1.68. The quantitative estimate of drug-likeness (QED) is 0.604. The summed E-state index contributed by atoms with van der Waals surface area (Å²) >= 11 is 13.5. The first-order valence-corrected chi connectivity index (χ1v) is 6.43. The van der Waals surface area contributed by atoms with Crippen LogP contribution in [0.25, 0.3) is 0 Å². The third-order valence-corrected chi connectivity index (χ3v) is 2.26. The summed E-state index contributed by atoms with van der Waals surface area (Å²) in [5.41, 5.74) is 0. The second-order valence-corrected chi connectivity index (χ2v) is 5.20. The molecule has 0 aliphatic rings. The normalized spacial score (nSPS) is 16.4. The topological polar surface area (TPSA) is 55.8 Å². The van der Waals surface area contributed by atoms with E-state index in [2.05, 4.69) is 25.0 Å². The van der Waals surface area contributed by atoms with Crippen molar-refractivity contribution >= 4 is 47.0 Å². The predicted molar refractivity (Wildman–Crippen MR) is 51.0 cm³/mol. The van der Waals surface area contributed by atoms with Gasteiger partial charge in [-0.1, -0.05) is 15.9 Å². The maximum absolute atomic E-state index is 10.9. The highest BCUT2D eigenvalue weighted by Gasteiger charge is 2.21. The smallest absolute Gasteiger partial charge is 0.302 e. The van der Waals surface area contributed by atoms with Gasteiger partial charge < -0.3 is 4.89 Å². The minimum atomic E-state index is -3.96. The molecule has 0 aromatic carbocycles. The Morgan fingerprint density at radius 3 is 2.50 bits per heavy atom. The molecule has 0 aromatic heterocycles. The van der Waals surface area contributed by atoms with E-state index in [0.29, 0.717) is 5.33 Å². The zero-order valence-corrected chi connectivity index (χ0v) is 9.94. The minimum absolute atomic E-state index is 0.0863. The number of rotatable bonds is 6. The van der Waals surface area contributed by atoms with Crippen LogP contribution < -0.4 is 0 Å². The third kappa shape index (κ3) is 7.80. The SMILES string of the molecule is O=P(O)(OCCBr)OCC(Cl)Cl. The van der Waals surface area contributed by atoms with Crippen LogP contribution in [0.1, 0.15) is 0 Å². The van der Waals surface area contributed by atoms with E-state index in [1.54, 1.807) is 0 Å². The lowest BCUT2D eigenvalue weighted by molar-refractivity contribution is 0.161. The number of alkyl halides is 3. The molecule has 0 saturated carbocycles. The second kappa shape index (κ2) is 6.60. The Morgan fingerprint density at radius 1 is 1.50 bits per heavy atom. The molecular formula is C4H8BrCl2O4P. The van der Waals surface area contributed by atoms with E-state index in [1.807, 2.05) is 0 Å². The standard InChI is InChI=1S/C4H8BrCl2O4P/c5-1-2-10-12(8,9)11-3-4(6)7/h4H,1-3H2,(H,8,9). The summed E-state index contributed by atoms with van der Waals surface area (Å²) in [6, 6.07) is 0. The summed E-state index contributed by atoms with van der Waals surface area (Å²) in [5.74, 6) is 0. The van der Waals surface area contributed by atoms with Crippen molar-refractivity contribution in [3.63, 3.8) is 0 Å². The van der Waals surface area contributed by atoms with Gasteiger partial charge in [0.1, 0.15) is 4.84 Å². The summed E-state index contributed by atoms with van der Waals surface area (Å²) in [6.07, 6.45) is 0. The van der Waals surface area contributed by atoms with E-state index in [0.717, 1.165) is 0 Å². The monoisotopic (exact) mass is 300 g/mol. The summed E-state index contributed by atoms with van der Waals surface area (Å²) in [5, 5.41) is 0.450. The van der Waals surface area contributed by atoms with Crippen molar-refractivity contribution < 1.29 is 18.5 Å². The first-order chi connectivity index (χ1) is 5.48. The highest BCUT2D eigenvalue weighted by molar-refractivity contribution is 9.09. The Balaban J connectivity index is 3.64.